The van der Waals surface area contributed by atoms with Gasteiger partial charge in [0.25, 0.3) is 0 Å². The third-order valence-electron chi connectivity index (χ3n) is 8.76. The fourth-order valence-electron chi connectivity index (χ4n) is 6.86. The van der Waals surface area contributed by atoms with Gasteiger partial charge in [-0.05, 0) is 66.2 Å². The van der Waals surface area contributed by atoms with Gasteiger partial charge in [-0.25, -0.2) is 0 Å². The fourth-order valence-corrected chi connectivity index (χ4v) is 6.86. The zero-order valence-corrected chi connectivity index (χ0v) is 24.5. The Morgan fingerprint density at radius 1 is 0.422 bits per heavy atom. The smallest absolute Gasteiger partial charge is 0.138 e. The van der Waals surface area contributed by atoms with Crippen LogP contribution in [0.3, 0.4) is 0 Å². The predicted octanol–water partition coefficient (Wildman–Crippen LogP) is 11.8. The van der Waals surface area contributed by atoms with Crippen LogP contribution in [0.15, 0.2) is 174 Å². The number of hydrogen-bond acceptors (Lipinski definition) is 2. The first-order valence-electron chi connectivity index (χ1n) is 15.3. The van der Waals surface area contributed by atoms with Gasteiger partial charge in [-0.2, -0.15) is 0 Å². The minimum absolute atomic E-state index is 0.891. The standard InChI is InChI=1S/C42H28N2O/c1-4-14-29(15-5-1)40-41-34-20-10-12-22-36(34)44(37(41)28-39-42(40)35-21-11-13-23-38(35)45-39)33-26-24-32(25-27-33)43(30-16-6-2-7-17-30)31-18-8-3-9-19-31/h1-28H. The largest absolute Gasteiger partial charge is 0.456 e. The van der Waals surface area contributed by atoms with Gasteiger partial charge < -0.3 is 13.9 Å². The maximum Gasteiger partial charge on any atom is 0.138 e. The van der Waals surface area contributed by atoms with E-state index in [0.29, 0.717) is 0 Å². The zero-order chi connectivity index (χ0) is 29.7. The maximum atomic E-state index is 6.54. The number of rotatable bonds is 5. The second kappa shape index (κ2) is 10.3. The van der Waals surface area contributed by atoms with Crippen molar-refractivity contribution in [2.75, 3.05) is 4.90 Å². The number of furan rings is 1. The summed E-state index contributed by atoms with van der Waals surface area (Å²) in [6.45, 7) is 0. The van der Waals surface area contributed by atoms with E-state index in [1.165, 1.54) is 21.9 Å². The number of benzene rings is 7. The van der Waals surface area contributed by atoms with Crippen LogP contribution in [0.2, 0.25) is 0 Å². The van der Waals surface area contributed by atoms with E-state index in [2.05, 4.69) is 173 Å². The highest BCUT2D eigenvalue weighted by Crippen LogP contribution is 2.46. The van der Waals surface area contributed by atoms with Crippen molar-refractivity contribution in [3.63, 3.8) is 0 Å². The molecule has 0 aliphatic heterocycles. The lowest BCUT2D eigenvalue weighted by molar-refractivity contribution is 0.669. The van der Waals surface area contributed by atoms with Gasteiger partial charge in [0.05, 0.1) is 11.0 Å². The molecule has 0 aliphatic carbocycles. The van der Waals surface area contributed by atoms with Crippen molar-refractivity contribution in [3.8, 4) is 16.8 Å². The third-order valence-corrected chi connectivity index (χ3v) is 8.76. The van der Waals surface area contributed by atoms with Crippen LogP contribution in [-0.2, 0) is 0 Å². The minimum atomic E-state index is 0.891. The Bertz CT molecular complexity index is 2420. The Morgan fingerprint density at radius 2 is 0.978 bits per heavy atom. The van der Waals surface area contributed by atoms with Crippen molar-refractivity contribution in [2.24, 2.45) is 0 Å². The molecule has 45 heavy (non-hydrogen) atoms. The summed E-state index contributed by atoms with van der Waals surface area (Å²) < 4.78 is 8.92. The second-order valence-corrected chi connectivity index (χ2v) is 11.4. The van der Waals surface area contributed by atoms with Crippen LogP contribution in [0, 0.1) is 0 Å². The molecule has 212 valence electrons. The SMILES string of the molecule is c1ccc(-c2c3c(cc4c2c2ccccc2n4-c2ccc(N(c4ccccc4)c4ccccc4)cc2)oc2ccccc23)cc1. The first-order chi connectivity index (χ1) is 22.3. The first kappa shape index (κ1) is 25.4. The number of hydrogen-bond donors (Lipinski definition) is 0. The van der Waals surface area contributed by atoms with Crippen LogP contribution < -0.4 is 4.90 Å². The second-order valence-electron chi connectivity index (χ2n) is 11.4. The number of para-hydroxylation sites is 4. The Morgan fingerprint density at radius 3 is 1.67 bits per heavy atom. The van der Waals surface area contributed by atoms with Crippen LogP contribution in [0.5, 0.6) is 0 Å². The molecular weight excluding hydrogens is 548 g/mol. The molecule has 0 N–H and O–H groups in total. The number of fused-ring (bicyclic) bond motifs is 6. The number of nitrogens with zero attached hydrogens (tertiary/aromatic N) is 2. The molecule has 7 aromatic carbocycles. The van der Waals surface area contributed by atoms with Gasteiger partial charge in [-0.3, -0.25) is 0 Å². The molecule has 0 atom stereocenters. The quantitative estimate of drug-likeness (QED) is 0.203. The normalized spacial score (nSPS) is 11.6. The molecule has 2 heterocycles. The highest BCUT2D eigenvalue weighted by molar-refractivity contribution is 6.26. The van der Waals surface area contributed by atoms with E-state index in [1.807, 2.05) is 6.07 Å². The molecule has 9 rings (SSSR count). The predicted molar refractivity (Wildman–Crippen MR) is 188 cm³/mol. The van der Waals surface area contributed by atoms with Crippen LogP contribution in [0.25, 0.3) is 60.6 Å². The van der Waals surface area contributed by atoms with Crippen LogP contribution in [0.1, 0.15) is 0 Å². The molecule has 0 saturated heterocycles. The highest BCUT2D eigenvalue weighted by Gasteiger charge is 2.22. The summed E-state index contributed by atoms with van der Waals surface area (Å²) >= 11 is 0. The van der Waals surface area contributed by atoms with E-state index in [1.54, 1.807) is 0 Å². The summed E-state index contributed by atoms with van der Waals surface area (Å²) in [7, 11) is 0. The van der Waals surface area contributed by atoms with Gasteiger partial charge in [0.15, 0.2) is 0 Å². The van der Waals surface area contributed by atoms with Gasteiger partial charge >= 0.3 is 0 Å². The molecule has 0 bridgehead atoms. The van der Waals surface area contributed by atoms with E-state index in [4.69, 9.17) is 4.42 Å². The van der Waals surface area contributed by atoms with Crippen LogP contribution >= 0.6 is 0 Å². The zero-order valence-electron chi connectivity index (χ0n) is 24.5. The lowest BCUT2D eigenvalue weighted by atomic mass is 9.94. The van der Waals surface area contributed by atoms with Gasteiger partial charge in [-0.15, -0.1) is 0 Å². The van der Waals surface area contributed by atoms with E-state index >= 15 is 0 Å². The van der Waals surface area contributed by atoms with Crippen LogP contribution in [0.4, 0.5) is 17.1 Å². The highest BCUT2D eigenvalue weighted by atomic mass is 16.3. The van der Waals surface area contributed by atoms with E-state index < -0.39 is 0 Å². The summed E-state index contributed by atoms with van der Waals surface area (Å²) in [4.78, 5) is 2.29. The Labute approximate surface area is 260 Å². The minimum Gasteiger partial charge on any atom is -0.456 e. The lowest BCUT2D eigenvalue weighted by Gasteiger charge is -2.25. The summed E-state index contributed by atoms with van der Waals surface area (Å²) in [6, 6.07) is 60.0. The van der Waals surface area contributed by atoms with Gasteiger partial charge in [0.1, 0.15) is 11.2 Å². The molecule has 3 nitrogen and oxygen atoms in total. The van der Waals surface area contributed by atoms with Crippen molar-refractivity contribution in [1.82, 2.24) is 4.57 Å². The molecule has 0 fully saturated rings. The van der Waals surface area contributed by atoms with Crippen LogP contribution in [-0.4, -0.2) is 4.57 Å². The molecular formula is C42H28N2O. The summed E-state index contributed by atoms with van der Waals surface area (Å²) in [5, 5.41) is 4.74. The Hall–Kier alpha value is -6.06. The average Bonchev–Trinajstić information content (AvgIpc) is 3.64. The van der Waals surface area contributed by atoms with E-state index in [-0.39, 0.29) is 0 Å². The monoisotopic (exact) mass is 576 g/mol. The molecule has 3 heteroatoms. The molecule has 0 radical (unpaired) electrons. The van der Waals surface area contributed by atoms with Gasteiger partial charge in [-0.1, -0.05) is 103 Å². The Balaban J connectivity index is 1.31. The molecule has 2 aromatic heterocycles. The van der Waals surface area contributed by atoms with Crippen molar-refractivity contribution in [2.45, 2.75) is 0 Å². The molecule has 0 aliphatic rings. The maximum absolute atomic E-state index is 6.54. The van der Waals surface area contributed by atoms with Crippen molar-refractivity contribution >= 4 is 60.8 Å². The molecule has 0 unspecified atom stereocenters. The van der Waals surface area contributed by atoms with E-state index in [9.17, 15) is 0 Å². The molecule has 0 amide bonds. The van der Waals surface area contributed by atoms with Crippen molar-refractivity contribution in [1.29, 1.82) is 0 Å². The van der Waals surface area contributed by atoms with E-state index in [0.717, 1.165) is 55.7 Å². The van der Waals surface area contributed by atoms with Gasteiger partial charge in [0, 0.05) is 55.9 Å². The fraction of sp³-hybridized carbons (Fsp3) is 0. The summed E-state index contributed by atoms with van der Waals surface area (Å²) in [5.41, 5.74) is 10.9. The topological polar surface area (TPSA) is 21.3 Å². The average molecular weight is 577 g/mol. The third kappa shape index (κ3) is 4.05. The summed E-state index contributed by atoms with van der Waals surface area (Å²) in [6.07, 6.45) is 0. The number of anilines is 3. The first-order valence-corrected chi connectivity index (χ1v) is 15.3. The Kier molecular flexibility index (Phi) is 5.82. The molecule has 0 saturated carbocycles. The van der Waals surface area contributed by atoms with Crippen molar-refractivity contribution in [3.05, 3.63) is 170 Å². The van der Waals surface area contributed by atoms with Gasteiger partial charge in [0.2, 0.25) is 0 Å². The molecule has 9 aromatic rings. The summed E-state index contributed by atoms with van der Waals surface area (Å²) in [5.74, 6) is 0. The molecule has 0 spiro atoms. The lowest BCUT2D eigenvalue weighted by Crippen LogP contribution is -2.09. The van der Waals surface area contributed by atoms with Crippen molar-refractivity contribution < 1.29 is 4.42 Å². The number of aromatic nitrogens is 1.